The first-order valence-electron chi connectivity index (χ1n) is 8.65. The Morgan fingerprint density at radius 1 is 1.28 bits per heavy atom. The Kier molecular flexibility index (Phi) is 5.11. The van der Waals surface area contributed by atoms with Gasteiger partial charge < -0.3 is 19.7 Å². The van der Waals surface area contributed by atoms with E-state index in [1.165, 1.54) is 17.0 Å². The topological polar surface area (TPSA) is 36.3 Å². The van der Waals surface area contributed by atoms with Crippen molar-refractivity contribution in [1.82, 2.24) is 24.7 Å². The van der Waals surface area contributed by atoms with Crippen LogP contribution in [0.15, 0.2) is 30.5 Å². The van der Waals surface area contributed by atoms with Crippen molar-refractivity contribution in [2.45, 2.75) is 25.9 Å². The van der Waals surface area contributed by atoms with Crippen LogP contribution in [0.2, 0.25) is 0 Å². The average molecular weight is 358 g/mol. The van der Waals surface area contributed by atoms with Crippen LogP contribution < -0.4 is 5.32 Å². The summed E-state index contributed by atoms with van der Waals surface area (Å²) in [5.41, 5.74) is 4.90. The minimum absolute atomic E-state index is 0.0661. The zero-order valence-electron chi connectivity index (χ0n) is 15.7. The molecular weight excluding hydrogens is 330 g/mol. The Balaban J connectivity index is 2.03. The first-order chi connectivity index (χ1) is 11.9. The lowest BCUT2D eigenvalue weighted by molar-refractivity contribution is 0.277. The Bertz CT molecular complexity index is 753. The molecule has 1 fully saturated rings. The maximum atomic E-state index is 5.69. The lowest BCUT2D eigenvalue weighted by Gasteiger charge is -2.29. The van der Waals surface area contributed by atoms with E-state index in [9.17, 15) is 0 Å². The number of aryl methyl sites for hydroxylation is 1. The predicted molar refractivity (Wildman–Crippen MR) is 106 cm³/mol. The monoisotopic (exact) mass is 357 g/mol. The fourth-order valence-electron chi connectivity index (χ4n) is 3.48. The van der Waals surface area contributed by atoms with E-state index in [1.807, 2.05) is 18.3 Å². The van der Waals surface area contributed by atoms with Gasteiger partial charge in [-0.3, -0.25) is 4.98 Å². The van der Waals surface area contributed by atoms with Crippen LogP contribution in [0.1, 0.15) is 34.7 Å². The SMILES string of the molecule is Cc1cc([C@@H]2[C@@H](c3ccccn3)NC(=S)N2CCN(C)C)c(C)n1C. The molecular formula is C19H27N5S. The zero-order valence-corrected chi connectivity index (χ0v) is 16.5. The zero-order chi connectivity index (χ0) is 18.1. The second kappa shape index (κ2) is 7.14. The van der Waals surface area contributed by atoms with Gasteiger partial charge in [-0.1, -0.05) is 6.07 Å². The number of rotatable bonds is 5. The highest BCUT2D eigenvalue weighted by atomic mass is 32.1. The number of thiocarbonyl (C=S) groups is 1. The van der Waals surface area contributed by atoms with E-state index in [4.69, 9.17) is 12.2 Å². The van der Waals surface area contributed by atoms with Crippen molar-refractivity contribution >= 4 is 17.3 Å². The summed E-state index contributed by atoms with van der Waals surface area (Å²) in [6.45, 7) is 6.18. The Morgan fingerprint density at radius 2 is 2.04 bits per heavy atom. The van der Waals surface area contributed by atoms with Gasteiger partial charge in [-0.2, -0.15) is 0 Å². The maximum Gasteiger partial charge on any atom is 0.170 e. The number of aromatic nitrogens is 2. The summed E-state index contributed by atoms with van der Waals surface area (Å²) >= 11 is 5.69. The molecule has 6 heteroatoms. The second-order valence-electron chi connectivity index (χ2n) is 7.01. The lowest BCUT2D eigenvalue weighted by atomic mass is 9.97. The van der Waals surface area contributed by atoms with Gasteiger partial charge in [0.2, 0.25) is 0 Å². The van der Waals surface area contributed by atoms with Crippen LogP contribution in [-0.2, 0) is 7.05 Å². The van der Waals surface area contributed by atoms with E-state index in [1.54, 1.807) is 0 Å². The molecule has 1 N–H and O–H groups in total. The standard InChI is InChI=1S/C19H27N5S/c1-13-12-15(14(2)23(13)5)18-17(16-8-6-7-9-20-16)21-19(25)24(18)11-10-22(3)4/h6-9,12,17-18H,10-11H2,1-5H3,(H,21,25)/t17-,18-/m1/s1. The third kappa shape index (κ3) is 3.41. The molecule has 0 bridgehead atoms. The highest BCUT2D eigenvalue weighted by molar-refractivity contribution is 7.80. The van der Waals surface area contributed by atoms with Gasteiger partial charge in [0.1, 0.15) is 0 Å². The molecule has 1 saturated heterocycles. The molecule has 0 amide bonds. The Hall–Kier alpha value is -1.92. The fraction of sp³-hybridized carbons (Fsp3) is 0.474. The van der Waals surface area contributed by atoms with E-state index in [0.29, 0.717) is 0 Å². The molecule has 5 nitrogen and oxygen atoms in total. The predicted octanol–water partition coefficient (Wildman–Crippen LogP) is 2.57. The van der Waals surface area contributed by atoms with Crippen LogP contribution in [-0.4, -0.2) is 51.6 Å². The molecule has 1 aliphatic heterocycles. The molecule has 3 heterocycles. The van der Waals surface area contributed by atoms with E-state index < -0.39 is 0 Å². The third-order valence-electron chi connectivity index (χ3n) is 5.12. The number of hydrogen-bond donors (Lipinski definition) is 1. The van der Waals surface area contributed by atoms with Crippen molar-refractivity contribution in [3.63, 3.8) is 0 Å². The molecule has 3 rings (SSSR count). The normalized spacial score (nSPS) is 20.4. The number of pyridine rings is 1. The number of hydrogen-bond acceptors (Lipinski definition) is 3. The second-order valence-corrected chi connectivity index (χ2v) is 7.40. The highest BCUT2D eigenvalue weighted by Gasteiger charge is 2.40. The van der Waals surface area contributed by atoms with Gasteiger partial charge in [0.05, 0.1) is 17.8 Å². The molecule has 0 saturated carbocycles. The van der Waals surface area contributed by atoms with Crippen LogP contribution in [0, 0.1) is 13.8 Å². The lowest BCUT2D eigenvalue weighted by Crippen LogP contribution is -2.35. The summed E-state index contributed by atoms with van der Waals surface area (Å²) in [5, 5.41) is 4.32. The van der Waals surface area contributed by atoms with Crippen molar-refractivity contribution in [3.8, 4) is 0 Å². The fourth-order valence-corrected chi connectivity index (χ4v) is 3.81. The van der Waals surface area contributed by atoms with Gasteiger partial charge in [-0.25, -0.2) is 0 Å². The number of nitrogens with zero attached hydrogens (tertiary/aromatic N) is 4. The molecule has 0 radical (unpaired) electrons. The Labute approximate surface area is 155 Å². The molecule has 1 aliphatic rings. The van der Waals surface area contributed by atoms with Gasteiger partial charge in [-0.05, 0) is 63.9 Å². The summed E-state index contributed by atoms with van der Waals surface area (Å²) in [6.07, 6.45) is 1.85. The summed E-state index contributed by atoms with van der Waals surface area (Å²) in [5.74, 6) is 0. The van der Waals surface area contributed by atoms with Crippen molar-refractivity contribution in [2.75, 3.05) is 27.2 Å². The third-order valence-corrected chi connectivity index (χ3v) is 5.47. The van der Waals surface area contributed by atoms with Crippen LogP contribution in [0.4, 0.5) is 0 Å². The molecule has 134 valence electrons. The maximum absolute atomic E-state index is 5.69. The summed E-state index contributed by atoms with van der Waals surface area (Å²) in [6, 6.07) is 8.57. The first-order valence-corrected chi connectivity index (χ1v) is 9.06. The molecule has 2 aromatic rings. The summed E-state index contributed by atoms with van der Waals surface area (Å²) in [4.78, 5) is 9.10. The molecule has 0 unspecified atom stereocenters. The van der Waals surface area contributed by atoms with Crippen LogP contribution in [0.3, 0.4) is 0 Å². The molecule has 0 aromatic carbocycles. The van der Waals surface area contributed by atoms with Crippen molar-refractivity contribution in [1.29, 1.82) is 0 Å². The van der Waals surface area contributed by atoms with Gasteiger partial charge in [0.15, 0.2) is 5.11 Å². The summed E-state index contributed by atoms with van der Waals surface area (Å²) in [7, 11) is 6.31. The minimum Gasteiger partial charge on any atom is -0.352 e. The molecule has 0 spiro atoms. The Morgan fingerprint density at radius 3 is 2.60 bits per heavy atom. The van der Waals surface area contributed by atoms with E-state index in [-0.39, 0.29) is 12.1 Å². The molecule has 2 aromatic heterocycles. The van der Waals surface area contributed by atoms with Gasteiger partial charge >= 0.3 is 0 Å². The highest BCUT2D eigenvalue weighted by Crippen LogP contribution is 2.40. The van der Waals surface area contributed by atoms with Crippen molar-refractivity contribution < 1.29 is 0 Å². The van der Waals surface area contributed by atoms with Gasteiger partial charge in [0, 0.05) is 37.7 Å². The van der Waals surface area contributed by atoms with Gasteiger partial charge in [-0.15, -0.1) is 0 Å². The number of nitrogens with one attached hydrogen (secondary N) is 1. The van der Waals surface area contributed by atoms with E-state index in [0.717, 1.165) is 23.9 Å². The van der Waals surface area contributed by atoms with Crippen molar-refractivity contribution in [2.24, 2.45) is 7.05 Å². The molecule has 25 heavy (non-hydrogen) atoms. The first kappa shape index (κ1) is 17.9. The molecule has 2 atom stereocenters. The number of likely N-dealkylation sites (N-methyl/N-ethyl adjacent to an activating group) is 1. The summed E-state index contributed by atoms with van der Waals surface area (Å²) < 4.78 is 2.25. The van der Waals surface area contributed by atoms with Crippen molar-refractivity contribution in [3.05, 3.63) is 53.1 Å². The average Bonchev–Trinajstić information content (AvgIpc) is 3.05. The minimum atomic E-state index is 0.0661. The van der Waals surface area contributed by atoms with Crippen LogP contribution in [0.25, 0.3) is 0 Å². The van der Waals surface area contributed by atoms with Gasteiger partial charge in [0.25, 0.3) is 0 Å². The smallest absolute Gasteiger partial charge is 0.170 e. The van der Waals surface area contributed by atoms with E-state index >= 15 is 0 Å². The largest absolute Gasteiger partial charge is 0.352 e. The molecule has 0 aliphatic carbocycles. The quantitative estimate of drug-likeness (QED) is 0.833. The van der Waals surface area contributed by atoms with Crippen LogP contribution >= 0.6 is 12.2 Å². The van der Waals surface area contributed by atoms with Crippen LogP contribution in [0.5, 0.6) is 0 Å². The van der Waals surface area contributed by atoms with E-state index in [2.05, 4.69) is 71.8 Å².